The van der Waals surface area contributed by atoms with Gasteiger partial charge in [-0.15, -0.1) is 0 Å². The van der Waals surface area contributed by atoms with Crippen LogP contribution in [0, 0.1) is 11.3 Å². The van der Waals surface area contributed by atoms with Crippen LogP contribution in [0.1, 0.15) is 38.5 Å². The van der Waals surface area contributed by atoms with E-state index < -0.39 is 0 Å². The van der Waals surface area contributed by atoms with Gasteiger partial charge in [0.05, 0.1) is 6.07 Å². The lowest BCUT2D eigenvalue weighted by Gasteiger charge is -2.20. The second kappa shape index (κ2) is 5.48. The van der Waals surface area contributed by atoms with E-state index in [0.29, 0.717) is 6.42 Å². The highest BCUT2D eigenvalue weighted by Crippen LogP contribution is 2.26. The molecule has 0 atom stereocenters. The molecule has 2 fully saturated rings. The zero-order chi connectivity index (χ0) is 10.5. The van der Waals surface area contributed by atoms with Gasteiger partial charge in [0.15, 0.2) is 0 Å². The molecule has 0 aromatic heterocycles. The molecule has 3 nitrogen and oxygen atoms in total. The third-order valence-electron chi connectivity index (χ3n) is 3.21. The van der Waals surface area contributed by atoms with Crippen molar-refractivity contribution in [1.29, 1.82) is 5.26 Å². The zero-order valence-corrected chi connectivity index (χ0v) is 9.41. The molecule has 2 aliphatic rings. The van der Waals surface area contributed by atoms with Crippen molar-refractivity contribution < 1.29 is 0 Å². The number of hydrogen-bond donors (Lipinski definition) is 1. The third-order valence-corrected chi connectivity index (χ3v) is 3.21. The van der Waals surface area contributed by atoms with Crippen LogP contribution in [0.3, 0.4) is 0 Å². The molecule has 0 bridgehead atoms. The van der Waals surface area contributed by atoms with Gasteiger partial charge in [-0.05, 0) is 45.2 Å². The van der Waals surface area contributed by atoms with Gasteiger partial charge in [0, 0.05) is 25.0 Å². The monoisotopic (exact) mass is 207 g/mol. The van der Waals surface area contributed by atoms with Crippen LogP contribution in [0.5, 0.6) is 0 Å². The molecule has 0 amide bonds. The highest BCUT2D eigenvalue weighted by molar-refractivity contribution is 4.87. The molecular formula is C12H21N3. The first-order valence-electron chi connectivity index (χ1n) is 6.24. The summed E-state index contributed by atoms with van der Waals surface area (Å²) >= 11 is 0. The summed E-state index contributed by atoms with van der Waals surface area (Å²) in [6.07, 6.45) is 7.37. The molecule has 2 saturated carbocycles. The van der Waals surface area contributed by atoms with Gasteiger partial charge >= 0.3 is 0 Å². The first-order chi connectivity index (χ1) is 7.40. The van der Waals surface area contributed by atoms with E-state index in [-0.39, 0.29) is 0 Å². The van der Waals surface area contributed by atoms with E-state index in [1.165, 1.54) is 38.6 Å². The fourth-order valence-electron chi connectivity index (χ4n) is 1.99. The number of nitrogens with zero attached hydrogens (tertiary/aromatic N) is 2. The molecule has 0 heterocycles. The predicted molar refractivity (Wildman–Crippen MR) is 60.5 cm³/mol. The minimum atomic E-state index is 0.687. The van der Waals surface area contributed by atoms with Crippen molar-refractivity contribution in [2.24, 2.45) is 0 Å². The molecule has 84 valence electrons. The van der Waals surface area contributed by atoms with Crippen molar-refractivity contribution in [3.8, 4) is 6.07 Å². The van der Waals surface area contributed by atoms with Crippen LogP contribution in [-0.2, 0) is 0 Å². The Morgan fingerprint density at radius 3 is 2.60 bits per heavy atom. The van der Waals surface area contributed by atoms with Crippen LogP contribution < -0.4 is 5.32 Å². The van der Waals surface area contributed by atoms with Crippen LogP contribution in [0.2, 0.25) is 0 Å². The third kappa shape index (κ3) is 4.19. The minimum Gasteiger partial charge on any atom is -0.314 e. The molecule has 1 N–H and O–H groups in total. The molecule has 0 aliphatic heterocycles. The van der Waals surface area contributed by atoms with E-state index in [9.17, 15) is 0 Å². The van der Waals surface area contributed by atoms with Crippen molar-refractivity contribution in [2.45, 2.75) is 50.6 Å². The maximum atomic E-state index is 8.58. The molecule has 3 heteroatoms. The van der Waals surface area contributed by atoms with E-state index in [4.69, 9.17) is 5.26 Å². The Morgan fingerprint density at radius 2 is 2.00 bits per heavy atom. The van der Waals surface area contributed by atoms with Gasteiger partial charge in [-0.25, -0.2) is 0 Å². The van der Waals surface area contributed by atoms with Gasteiger partial charge in [0.2, 0.25) is 0 Å². The van der Waals surface area contributed by atoms with E-state index in [1.54, 1.807) is 0 Å². The van der Waals surface area contributed by atoms with Crippen LogP contribution in [0.15, 0.2) is 0 Å². The largest absolute Gasteiger partial charge is 0.314 e. The molecular weight excluding hydrogens is 186 g/mol. The van der Waals surface area contributed by atoms with E-state index in [0.717, 1.165) is 25.2 Å². The van der Waals surface area contributed by atoms with Gasteiger partial charge < -0.3 is 5.32 Å². The van der Waals surface area contributed by atoms with Crippen LogP contribution >= 0.6 is 0 Å². The second-order valence-corrected chi connectivity index (χ2v) is 4.76. The van der Waals surface area contributed by atoms with Crippen LogP contribution in [0.4, 0.5) is 0 Å². The van der Waals surface area contributed by atoms with Crippen molar-refractivity contribution in [1.82, 2.24) is 10.2 Å². The van der Waals surface area contributed by atoms with E-state index in [1.807, 2.05) is 0 Å². The molecule has 0 unspecified atom stereocenters. The molecule has 0 aromatic rings. The number of nitrogens with one attached hydrogen (secondary N) is 1. The van der Waals surface area contributed by atoms with Crippen LogP contribution in [-0.4, -0.2) is 36.6 Å². The van der Waals surface area contributed by atoms with Crippen molar-refractivity contribution >= 4 is 0 Å². The summed E-state index contributed by atoms with van der Waals surface area (Å²) in [4.78, 5) is 2.50. The van der Waals surface area contributed by atoms with Crippen LogP contribution in [0.25, 0.3) is 0 Å². The highest BCUT2D eigenvalue weighted by atomic mass is 15.2. The summed E-state index contributed by atoms with van der Waals surface area (Å²) in [7, 11) is 0. The molecule has 0 aromatic carbocycles. The Morgan fingerprint density at radius 1 is 1.20 bits per heavy atom. The number of nitriles is 1. The zero-order valence-electron chi connectivity index (χ0n) is 9.41. The Bertz CT molecular complexity index is 226. The predicted octanol–water partition coefficient (Wildman–Crippen LogP) is 1.51. The van der Waals surface area contributed by atoms with Gasteiger partial charge in [0.25, 0.3) is 0 Å². The molecule has 0 spiro atoms. The molecule has 2 aliphatic carbocycles. The molecule has 0 radical (unpaired) electrons. The molecule has 2 rings (SSSR count). The standard InChI is InChI=1S/C12H21N3/c13-7-1-9-15(12-5-6-12)10-2-8-14-11-3-4-11/h11-12,14H,1-6,8-10H2. The lowest BCUT2D eigenvalue weighted by atomic mass is 10.3. The maximum Gasteiger partial charge on any atom is 0.0635 e. The summed E-state index contributed by atoms with van der Waals surface area (Å²) in [5.41, 5.74) is 0. The fraction of sp³-hybridized carbons (Fsp3) is 0.917. The second-order valence-electron chi connectivity index (χ2n) is 4.76. The Kier molecular flexibility index (Phi) is 3.99. The van der Waals surface area contributed by atoms with Gasteiger partial charge in [-0.1, -0.05) is 0 Å². The number of hydrogen-bond acceptors (Lipinski definition) is 3. The Balaban J connectivity index is 1.54. The van der Waals surface area contributed by atoms with E-state index >= 15 is 0 Å². The first kappa shape index (κ1) is 10.9. The minimum absolute atomic E-state index is 0.687. The lowest BCUT2D eigenvalue weighted by Crippen LogP contribution is -2.30. The van der Waals surface area contributed by atoms with Crippen molar-refractivity contribution in [3.63, 3.8) is 0 Å². The normalized spacial score (nSPS) is 20.5. The number of rotatable bonds is 8. The summed E-state index contributed by atoms with van der Waals surface area (Å²) < 4.78 is 0. The van der Waals surface area contributed by atoms with Crippen molar-refractivity contribution in [2.75, 3.05) is 19.6 Å². The van der Waals surface area contributed by atoms with Gasteiger partial charge in [0.1, 0.15) is 0 Å². The summed E-state index contributed by atoms with van der Waals surface area (Å²) in [6.45, 7) is 3.30. The highest BCUT2D eigenvalue weighted by Gasteiger charge is 2.28. The maximum absolute atomic E-state index is 8.58. The average molecular weight is 207 g/mol. The smallest absolute Gasteiger partial charge is 0.0635 e. The first-order valence-corrected chi connectivity index (χ1v) is 6.24. The Hall–Kier alpha value is -0.590. The molecule has 15 heavy (non-hydrogen) atoms. The van der Waals surface area contributed by atoms with Gasteiger partial charge in [-0.3, -0.25) is 4.90 Å². The topological polar surface area (TPSA) is 39.1 Å². The fourth-order valence-corrected chi connectivity index (χ4v) is 1.99. The lowest BCUT2D eigenvalue weighted by molar-refractivity contribution is 0.265. The average Bonchev–Trinajstić information content (AvgIpc) is 3.09. The molecule has 0 saturated heterocycles. The quantitative estimate of drug-likeness (QED) is 0.613. The Labute approximate surface area is 92.4 Å². The summed E-state index contributed by atoms with van der Waals surface area (Å²) in [5, 5.41) is 12.1. The van der Waals surface area contributed by atoms with Gasteiger partial charge in [-0.2, -0.15) is 5.26 Å². The van der Waals surface area contributed by atoms with E-state index in [2.05, 4.69) is 16.3 Å². The SMILES string of the molecule is N#CCCN(CCCNC1CC1)C1CC1. The summed E-state index contributed by atoms with van der Waals surface area (Å²) in [6, 6.07) is 3.88. The van der Waals surface area contributed by atoms with Crippen molar-refractivity contribution in [3.05, 3.63) is 0 Å². The summed E-state index contributed by atoms with van der Waals surface area (Å²) in [5.74, 6) is 0.